The van der Waals surface area contributed by atoms with Crippen LogP contribution in [0.5, 0.6) is 5.75 Å². The summed E-state index contributed by atoms with van der Waals surface area (Å²) in [6.45, 7) is 6.91. The van der Waals surface area contributed by atoms with Gasteiger partial charge in [-0.15, -0.1) is 0 Å². The zero-order valence-corrected chi connectivity index (χ0v) is 12.2. The molecular formula is C14H22ClNO2. The summed E-state index contributed by atoms with van der Waals surface area (Å²) in [7, 11) is 1.62. The molecule has 0 amide bonds. The Balaban J connectivity index is 2.64. The van der Waals surface area contributed by atoms with Crippen LogP contribution in [0.15, 0.2) is 18.2 Å². The van der Waals surface area contributed by atoms with Crippen molar-refractivity contribution in [3.63, 3.8) is 0 Å². The maximum atomic E-state index is 10.1. The van der Waals surface area contributed by atoms with E-state index in [1.54, 1.807) is 7.11 Å². The molecule has 0 saturated heterocycles. The third kappa shape index (κ3) is 3.87. The summed E-state index contributed by atoms with van der Waals surface area (Å²) in [6, 6.07) is 5.57. The van der Waals surface area contributed by atoms with Gasteiger partial charge in [-0.25, -0.2) is 0 Å². The number of nitrogens with one attached hydrogen (secondary N) is 1. The molecule has 1 rings (SSSR count). The number of halogens is 1. The van der Waals surface area contributed by atoms with Crippen molar-refractivity contribution < 1.29 is 9.84 Å². The number of hydrogen-bond acceptors (Lipinski definition) is 3. The predicted octanol–water partition coefficient (Wildman–Crippen LogP) is 2.85. The predicted molar refractivity (Wildman–Crippen MR) is 75.2 cm³/mol. The van der Waals surface area contributed by atoms with Crippen molar-refractivity contribution in [2.24, 2.45) is 5.92 Å². The van der Waals surface area contributed by atoms with E-state index in [0.717, 1.165) is 11.3 Å². The molecule has 0 aliphatic rings. The Morgan fingerprint density at radius 2 is 2.11 bits per heavy atom. The molecule has 0 aliphatic carbocycles. The lowest BCUT2D eigenvalue weighted by molar-refractivity contribution is 0.0139. The van der Waals surface area contributed by atoms with Crippen molar-refractivity contribution >= 4 is 11.6 Å². The topological polar surface area (TPSA) is 41.5 Å². The Morgan fingerprint density at radius 3 is 2.67 bits per heavy atom. The summed E-state index contributed by atoms with van der Waals surface area (Å²) >= 11 is 6.14. The zero-order valence-electron chi connectivity index (χ0n) is 11.5. The molecule has 1 atom stereocenters. The van der Waals surface area contributed by atoms with Gasteiger partial charge in [-0.2, -0.15) is 0 Å². The molecule has 1 unspecified atom stereocenters. The standard InChI is InChI=1S/C14H22ClNO2/c1-10(2)14(3,17)9-16-8-11-12(15)6-5-7-13(11)18-4/h5-7,10,16-17H,8-9H2,1-4H3. The summed E-state index contributed by atoms with van der Waals surface area (Å²) < 4.78 is 5.27. The molecule has 0 spiro atoms. The van der Waals surface area contributed by atoms with Crippen molar-refractivity contribution in [2.75, 3.05) is 13.7 Å². The number of benzene rings is 1. The van der Waals surface area contributed by atoms with Crippen molar-refractivity contribution in [3.8, 4) is 5.75 Å². The van der Waals surface area contributed by atoms with Crippen molar-refractivity contribution in [2.45, 2.75) is 32.9 Å². The third-order valence-corrected chi connectivity index (χ3v) is 3.68. The van der Waals surface area contributed by atoms with Gasteiger partial charge >= 0.3 is 0 Å². The van der Waals surface area contributed by atoms with Crippen LogP contribution in [0.3, 0.4) is 0 Å². The van der Waals surface area contributed by atoms with Gasteiger partial charge in [0.25, 0.3) is 0 Å². The first kappa shape index (κ1) is 15.3. The van der Waals surface area contributed by atoms with Crippen LogP contribution in [0.2, 0.25) is 5.02 Å². The first-order valence-electron chi connectivity index (χ1n) is 6.13. The molecule has 0 heterocycles. The lowest BCUT2D eigenvalue weighted by Gasteiger charge is -2.28. The average molecular weight is 272 g/mol. The molecule has 0 aromatic heterocycles. The average Bonchev–Trinajstić information content (AvgIpc) is 2.30. The Bertz CT molecular complexity index is 391. The van der Waals surface area contributed by atoms with Gasteiger partial charge in [-0.1, -0.05) is 31.5 Å². The van der Waals surface area contributed by atoms with Crippen LogP contribution in [-0.4, -0.2) is 24.4 Å². The number of ether oxygens (including phenoxy) is 1. The lowest BCUT2D eigenvalue weighted by atomic mass is 9.92. The highest BCUT2D eigenvalue weighted by Gasteiger charge is 2.24. The largest absolute Gasteiger partial charge is 0.496 e. The van der Waals surface area contributed by atoms with E-state index in [1.165, 1.54) is 0 Å². The number of rotatable bonds is 6. The normalized spacial score (nSPS) is 14.6. The van der Waals surface area contributed by atoms with E-state index in [9.17, 15) is 5.11 Å². The quantitative estimate of drug-likeness (QED) is 0.836. The summed E-state index contributed by atoms with van der Waals surface area (Å²) in [6.07, 6.45) is 0. The molecule has 0 radical (unpaired) electrons. The van der Waals surface area contributed by atoms with Gasteiger partial charge < -0.3 is 15.2 Å². The minimum Gasteiger partial charge on any atom is -0.496 e. The van der Waals surface area contributed by atoms with E-state index in [-0.39, 0.29) is 5.92 Å². The first-order chi connectivity index (χ1) is 8.38. The smallest absolute Gasteiger partial charge is 0.124 e. The number of hydrogen-bond donors (Lipinski definition) is 2. The van der Waals surface area contributed by atoms with Gasteiger partial charge in [0.1, 0.15) is 5.75 Å². The second-order valence-corrected chi connectivity index (χ2v) is 5.44. The maximum Gasteiger partial charge on any atom is 0.124 e. The molecule has 2 N–H and O–H groups in total. The Hall–Kier alpha value is -0.770. The highest BCUT2D eigenvalue weighted by atomic mass is 35.5. The minimum absolute atomic E-state index is 0.193. The van der Waals surface area contributed by atoms with E-state index in [0.29, 0.717) is 18.1 Å². The summed E-state index contributed by atoms with van der Waals surface area (Å²) in [5.41, 5.74) is 0.190. The van der Waals surface area contributed by atoms with E-state index in [4.69, 9.17) is 16.3 Å². The third-order valence-electron chi connectivity index (χ3n) is 3.32. The van der Waals surface area contributed by atoms with Crippen molar-refractivity contribution in [1.82, 2.24) is 5.32 Å². The van der Waals surface area contributed by atoms with Crippen LogP contribution < -0.4 is 10.1 Å². The van der Waals surface area contributed by atoms with Gasteiger partial charge in [0.15, 0.2) is 0 Å². The molecule has 102 valence electrons. The highest BCUT2D eigenvalue weighted by Crippen LogP contribution is 2.26. The molecule has 4 heteroatoms. The molecule has 1 aromatic carbocycles. The van der Waals surface area contributed by atoms with Gasteiger partial charge in [0, 0.05) is 23.7 Å². The monoisotopic (exact) mass is 271 g/mol. The molecular weight excluding hydrogens is 250 g/mol. The summed E-state index contributed by atoms with van der Waals surface area (Å²) in [5.74, 6) is 0.956. The summed E-state index contributed by atoms with van der Waals surface area (Å²) in [5, 5.41) is 14.0. The molecule has 18 heavy (non-hydrogen) atoms. The van der Waals surface area contributed by atoms with Crippen LogP contribution in [0, 0.1) is 5.92 Å². The fourth-order valence-electron chi connectivity index (χ4n) is 1.55. The molecule has 0 bridgehead atoms. The van der Waals surface area contributed by atoms with Crippen LogP contribution in [0.4, 0.5) is 0 Å². The van der Waals surface area contributed by atoms with E-state index < -0.39 is 5.60 Å². The highest BCUT2D eigenvalue weighted by molar-refractivity contribution is 6.31. The second-order valence-electron chi connectivity index (χ2n) is 5.04. The van der Waals surface area contributed by atoms with Crippen LogP contribution in [0.1, 0.15) is 26.3 Å². The van der Waals surface area contributed by atoms with Gasteiger partial charge in [0.2, 0.25) is 0 Å². The Labute approximate surface area is 114 Å². The molecule has 1 aromatic rings. The zero-order chi connectivity index (χ0) is 13.8. The fraction of sp³-hybridized carbons (Fsp3) is 0.571. The van der Waals surface area contributed by atoms with Gasteiger partial charge in [0.05, 0.1) is 12.7 Å². The molecule has 0 fully saturated rings. The number of methoxy groups -OCH3 is 1. The SMILES string of the molecule is COc1cccc(Cl)c1CNCC(C)(O)C(C)C. The summed E-state index contributed by atoms with van der Waals surface area (Å²) in [4.78, 5) is 0. The Morgan fingerprint density at radius 1 is 1.44 bits per heavy atom. The first-order valence-corrected chi connectivity index (χ1v) is 6.50. The number of aliphatic hydroxyl groups is 1. The van der Waals surface area contributed by atoms with Gasteiger partial charge in [-0.05, 0) is 25.0 Å². The lowest BCUT2D eigenvalue weighted by Crippen LogP contribution is -2.42. The maximum absolute atomic E-state index is 10.1. The van der Waals surface area contributed by atoms with Crippen LogP contribution in [0.25, 0.3) is 0 Å². The van der Waals surface area contributed by atoms with Crippen molar-refractivity contribution in [3.05, 3.63) is 28.8 Å². The minimum atomic E-state index is -0.728. The van der Waals surface area contributed by atoms with Gasteiger partial charge in [-0.3, -0.25) is 0 Å². The second kappa shape index (κ2) is 6.41. The van der Waals surface area contributed by atoms with Crippen molar-refractivity contribution in [1.29, 1.82) is 0 Å². The molecule has 3 nitrogen and oxygen atoms in total. The molecule has 0 saturated carbocycles. The molecule has 0 aliphatic heterocycles. The van der Waals surface area contributed by atoms with E-state index in [2.05, 4.69) is 5.32 Å². The Kier molecular flexibility index (Phi) is 5.45. The fourth-order valence-corrected chi connectivity index (χ4v) is 1.78. The van der Waals surface area contributed by atoms with Crippen LogP contribution in [-0.2, 0) is 6.54 Å². The van der Waals surface area contributed by atoms with E-state index in [1.807, 2.05) is 39.0 Å². The van der Waals surface area contributed by atoms with E-state index >= 15 is 0 Å². The van der Waals surface area contributed by atoms with Crippen LogP contribution >= 0.6 is 11.6 Å².